The zero-order chi connectivity index (χ0) is 25.5. The maximum Gasteiger partial charge on any atom is 0.303 e. The zero-order valence-corrected chi connectivity index (χ0v) is 21.5. The molecule has 0 amide bonds. The van der Waals surface area contributed by atoms with Gasteiger partial charge in [-0.3, -0.25) is 14.8 Å². The summed E-state index contributed by atoms with van der Waals surface area (Å²) in [4.78, 5) is 22.7. The van der Waals surface area contributed by atoms with Gasteiger partial charge in [0.15, 0.2) is 0 Å². The molecule has 36 heavy (non-hydrogen) atoms. The van der Waals surface area contributed by atoms with Gasteiger partial charge in [0.2, 0.25) is 0 Å². The summed E-state index contributed by atoms with van der Waals surface area (Å²) in [5, 5.41) is 22.0. The maximum absolute atomic E-state index is 11.8. The van der Waals surface area contributed by atoms with Crippen molar-refractivity contribution in [3.05, 3.63) is 65.1 Å². The Hall–Kier alpha value is -2.74. The monoisotopic (exact) mass is 511 g/mol. The number of carboxylic acid groups (broad SMARTS) is 1. The summed E-state index contributed by atoms with van der Waals surface area (Å²) in [5.74, 6) is -0.120. The molecule has 192 valence electrons. The van der Waals surface area contributed by atoms with Gasteiger partial charge in [0, 0.05) is 29.5 Å². The molecule has 1 unspecified atom stereocenters. The fourth-order valence-electron chi connectivity index (χ4n) is 5.36. The first-order valence-electron chi connectivity index (χ1n) is 12.5. The SMILES string of the molecule is COc1ccc2ncc(Cl)c(C(O)CCC3(CC(=O)O)CCN(CCCc4cccnc4)CC3)c2c1. The van der Waals surface area contributed by atoms with Crippen molar-refractivity contribution in [3.8, 4) is 5.75 Å². The predicted molar refractivity (Wildman–Crippen MR) is 140 cm³/mol. The molecule has 7 nitrogen and oxygen atoms in total. The first kappa shape index (κ1) is 26.3. The van der Waals surface area contributed by atoms with Gasteiger partial charge in [-0.1, -0.05) is 17.7 Å². The molecule has 3 heterocycles. The number of pyridine rings is 2. The number of halogens is 1. The third-order valence-corrected chi connectivity index (χ3v) is 7.76. The van der Waals surface area contributed by atoms with Gasteiger partial charge in [-0.15, -0.1) is 0 Å². The molecule has 0 radical (unpaired) electrons. The van der Waals surface area contributed by atoms with Crippen LogP contribution in [0.25, 0.3) is 10.9 Å². The lowest BCUT2D eigenvalue weighted by molar-refractivity contribution is -0.141. The first-order chi connectivity index (χ1) is 17.4. The number of ether oxygens (including phenoxy) is 1. The topological polar surface area (TPSA) is 95.8 Å². The van der Waals surface area contributed by atoms with Crippen LogP contribution in [0, 0.1) is 5.41 Å². The third kappa shape index (κ3) is 6.52. The number of rotatable bonds is 11. The highest BCUT2D eigenvalue weighted by atomic mass is 35.5. The van der Waals surface area contributed by atoms with Gasteiger partial charge in [0.1, 0.15) is 5.75 Å². The van der Waals surface area contributed by atoms with Crippen LogP contribution >= 0.6 is 11.6 Å². The third-order valence-electron chi connectivity index (χ3n) is 7.46. The summed E-state index contributed by atoms with van der Waals surface area (Å²) in [6.45, 7) is 2.72. The lowest BCUT2D eigenvalue weighted by Gasteiger charge is -2.41. The molecule has 1 aliphatic heterocycles. The van der Waals surface area contributed by atoms with Crippen LogP contribution in [0.3, 0.4) is 0 Å². The lowest BCUT2D eigenvalue weighted by Crippen LogP contribution is -2.41. The van der Waals surface area contributed by atoms with Crippen molar-refractivity contribution in [2.24, 2.45) is 5.41 Å². The number of piperidine rings is 1. The van der Waals surface area contributed by atoms with E-state index in [1.807, 2.05) is 30.5 Å². The number of benzene rings is 1. The van der Waals surface area contributed by atoms with Crippen LogP contribution in [-0.4, -0.2) is 57.8 Å². The van der Waals surface area contributed by atoms with Crippen LogP contribution in [0.15, 0.2) is 48.9 Å². The smallest absolute Gasteiger partial charge is 0.303 e. The minimum atomic E-state index is -0.821. The predicted octanol–water partition coefficient (Wildman–Crippen LogP) is 5.30. The second-order valence-corrected chi connectivity index (χ2v) is 10.2. The van der Waals surface area contributed by atoms with E-state index >= 15 is 0 Å². The molecule has 0 saturated carbocycles. The quantitative estimate of drug-likeness (QED) is 0.361. The van der Waals surface area contributed by atoms with Crippen LogP contribution < -0.4 is 4.74 Å². The molecule has 0 spiro atoms. The molecule has 1 aliphatic rings. The van der Waals surface area contributed by atoms with Gasteiger partial charge in [-0.2, -0.15) is 0 Å². The average Bonchev–Trinajstić information content (AvgIpc) is 2.88. The molecule has 2 N–H and O–H groups in total. The molecule has 3 aromatic rings. The van der Waals surface area contributed by atoms with Crippen molar-refractivity contribution in [2.45, 2.75) is 51.0 Å². The summed E-state index contributed by atoms with van der Waals surface area (Å²) in [5.41, 5.74) is 2.26. The number of carbonyl (C=O) groups is 1. The fraction of sp³-hybridized carbons (Fsp3) is 0.464. The Morgan fingerprint density at radius 1 is 1.25 bits per heavy atom. The summed E-state index contributed by atoms with van der Waals surface area (Å²) in [7, 11) is 1.59. The van der Waals surface area contributed by atoms with Gasteiger partial charge < -0.3 is 19.8 Å². The van der Waals surface area contributed by atoms with Crippen LogP contribution in [0.1, 0.15) is 55.8 Å². The van der Waals surface area contributed by atoms with Crippen molar-refractivity contribution in [1.82, 2.24) is 14.9 Å². The van der Waals surface area contributed by atoms with E-state index in [0.29, 0.717) is 29.2 Å². The highest BCUT2D eigenvalue weighted by Gasteiger charge is 2.37. The van der Waals surface area contributed by atoms with E-state index in [4.69, 9.17) is 16.3 Å². The number of aliphatic hydroxyl groups excluding tert-OH is 1. The Labute approximate surface area is 217 Å². The fourth-order valence-corrected chi connectivity index (χ4v) is 5.64. The van der Waals surface area contributed by atoms with Crippen LogP contribution in [0.4, 0.5) is 0 Å². The highest BCUT2D eigenvalue weighted by Crippen LogP contribution is 2.43. The zero-order valence-electron chi connectivity index (χ0n) is 20.7. The lowest BCUT2D eigenvalue weighted by atomic mass is 9.71. The van der Waals surface area contributed by atoms with Gasteiger partial charge in [-0.25, -0.2) is 0 Å². The molecule has 1 aromatic carbocycles. The summed E-state index contributed by atoms with van der Waals surface area (Å²) in [6.07, 6.45) is 9.25. The minimum absolute atomic E-state index is 0.113. The number of fused-ring (bicyclic) bond motifs is 1. The molecular formula is C28H34ClN3O4. The van der Waals surface area contributed by atoms with Gasteiger partial charge in [0.25, 0.3) is 0 Å². The molecule has 0 bridgehead atoms. The van der Waals surface area contributed by atoms with Gasteiger partial charge >= 0.3 is 5.97 Å². The number of aliphatic hydroxyl groups is 1. The van der Waals surface area contributed by atoms with Crippen molar-refractivity contribution in [1.29, 1.82) is 0 Å². The molecular weight excluding hydrogens is 478 g/mol. The van der Waals surface area contributed by atoms with E-state index in [0.717, 1.165) is 56.2 Å². The number of hydrogen-bond acceptors (Lipinski definition) is 6. The second kappa shape index (κ2) is 12.0. The molecule has 4 rings (SSSR count). The van der Waals surface area contributed by atoms with Gasteiger partial charge in [0.05, 0.1) is 30.2 Å². The summed E-state index contributed by atoms with van der Waals surface area (Å²) in [6, 6.07) is 9.57. The van der Waals surface area contributed by atoms with Crippen molar-refractivity contribution in [3.63, 3.8) is 0 Å². The number of aryl methyl sites for hydroxylation is 1. The molecule has 1 saturated heterocycles. The molecule has 1 fully saturated rings. The standard InChI is InChI=1S/C28H34ClN3O4/c1-36-21-6-7-24-22(16-21)27(23(29)19-31-24)25(33)8-9-28(17-26(34)35)10-14-32(15-11-28)13-3-5-20-4-2-12-30-18-20/h2,4,6-7,12,16,18-19,25,33H,3,5,8-11,13-15,17H2,1H3,(H,34,35). The second-order valence-electron chi connectivity index (χ2n) is 9.83. The Morgan fingerprint density at radius 3 is 2.75 bits per heavy atom. The number of likely N-dealkylation sites (tertiary alicyclic amines) is 1. The van der Waals surface area contributed by atoms with Crippen LogP contribution in [-0.2, 0) is 11.2 Å². The van der Waals surface area contributed by atoms with Gasteiger partial charge in [-0.05, 0) is 93.4 Å². The Morgan fingerprint density at radius 2 is 2.06 bits per heavy atom. The summed E-state index contributed by atoms with van der Waals surface area (Å²) >= 11 is 6.48. The number of carboxylic acids is 1. The highest BCUT2D eigenvalue weighted by molar-refractivity contribution is 6.32. The van der Waals surface area contributed by atoms with E-state index in [1.54, 1.807) is 19.5 Å². The number of hydrogen-bond donors (Lipinski definition) is 2. The molecule has 8 heteroatoms. The number of methoxy groups -OCH3 is 1. The van der Waals surface area contributed by atoms with E-state index in [1.165, 1.54) is 5.56 Å². The van der Waals surface area contributed by atoms with Crippen molar-refractivity contribution < 1.29 is 19.7 Å². The molecule has 2 aromatic heterocycles. The van der Waals surface area contributed by atoms with E-state index in [2.05, 4.69) is 20.9 Å². The normalized spacial score (nSPS) is 16.6. The Bertz CT molecular complexity index is 1170. The minimum Gasteiger partial charge on any atom is -0.497 e. The average molecular weight is 512 g/mol. The van der Waals surface area contributed by atoms with E-state index < -0.39 is 12.1 Å². The summed E-state index contributed by atoms with van der Waals surface area (Å²) < 4.78 is 5.35. The van der Waals surface area contributed by atoms with E-state index in [-0.39, 0.29) is 11.8 Å². The number of nitrogens with zero attached hydrogens (tertiary/aromatic N) is 3. The first-order valence-corrected chi connectivity index (χ1v) is 12.9. The van der Waals surface area contributed by atoms with E-state index in [9.17, 15) is 15.0 Å². The molecule has 1 atom stereocenters. The molecule has 0 aliphatic carbocycles. The largest absolute Gasteiger partial charge is 0.497 e. The van der Waals surface area contributed by atoms with Crippen molar-refractivity contribution in [2.75, 3.05) is 26.7 Å². The number of aliphatic carboxylic acids is 1. The number of aromatic nitrogens is 2. The Balaban J connectivity index is 1.39. The van der Waals surface area contributed by atoms with Crippen molar-refractivity contribution >= 4 is 28.5 Å². The Kier molecular flexibility index (Phi) is 8.77. The van der Waals surface area contributed by atoms with Crippen LogP contribution in [0.2, 0.25) is 5.02 Å². The van der Waals surface area contributed by atoms with Crippen LogP contribution in [0.5, 0.6) is 5.75 Å². The maximum atomic E-state index is 11.8.